The second-order valence-electron chi connectivity index (χ2n) is 5.82. The molecule has 0 saturated carbocycles. The molecular weight excluding hydrogens is 323 g/mol. The number of benzene rings is 2. The number of rotatable bonds is 5. The molecule has 130 valence electrons. The minimum absolute atomic E-state index is 0.0614. The molecule has 0 bridgehead atoms. The van der Waals surface area contributed by atoms with Crippen LogP contribution in [0.5, 0.6) is 5.75 Å². The number of nitrogens with zero attached hydrogens (tertiary/aromatic N) is 1. The fraction of sp³-hybridized carbons (Fsp3) is 0.263. The van der Waals surface area contributed by atoms with Crippen LogP contribution in [0.25, 0.3) is 0 Å². The lowest BCUT2D eigenvalue weighted by molar-refractivity contribution is -0.117. The fourth-order valence-electron chi connectivity index (χ4n) is 2.84. The summed E-state index contributed by atoms with van der Waals surface area (Å²) < 4.78 is 18.6. The number of hydrogen-bond donors (Lipinski definition) is 1. The predicted octanol–water partition coefficient (Wildman–Crippen LogP) is 2.76. The second-order valence-corrected chi connectivity index (χ2v) is 5.82. The summed E-state index contributed by atoms with van der Waals surface area (Å²) in [6.07, 6.45) is 0.217. The van der Waals surface area contributed by atoms with Crippen molar-refractivity contribution in [3.63, 3.8) is 0 Å². The van der Waals surface area contributed by atoms with Crippen molar-refractivity contribution < 1.29 is 18.7 Å². The van der Waals surface area contributed by atoms with Crippen LogP contribution in [-0.2, 0) is 4.79 Å². The number of carbonyl (C=O) groups is 2. The summed E-state index contributed by atoms with van der Waals surface area (Å²) in [4.78, 5) is 26.1. The summed E-state index contributed by atoms with van der Waals surface area (Å²) in [6, 6.07) is 12.4. The average Bonchev–Trinajstić information content (AvgIpc) is 2.96. The first-order valence-electron chi connectivity index (χ1n) is 8.16. The highest BCUT2D eigenvalue weighted by atomic mass is 19.1. The molecule has 1 N–H and O–H groups in total. The first-order chi connectivity index (χ1) is 12.1. The third-order valence-corrected chi connectivity index (χ3v) is 4.01. The van der Waals surface area contributed by atoms with Gasteiger partial charge in [-0.1, -0.05) is 6.07 Å². The fourth-order valence-corrected chi connectivity index (χ4v) is 2.84. The lowest BCUT2D eigenvalue weighted by atomic mass is 10.2. The smallest absolute Gasteiger partial charge is 0.251 e. The highest BCUT2D eigenvalue weighted by Crippen LogP contribution is 2.24. The molecule has 5 nitrogen and oxygen atoms in total. The van der Waals surface area contributed by atoms with Gasteiger partial charge in [0.25, 0.3) is 5.91 Å². The molecule has 1 heterocycles. The number of hydrogen-bond acceptors (Lipinski definition) is 3. The minimum atomic E-state index is -0.467. The van der Waals surface area contributed by atoms with Gasteiger partial charge in [0, 0.05) is 24.2 Å². The number of halogens is 1. The summed E-state index contributed by atoms with van der Waals surface area (Å²) in [5.41, 5.74) is 1.00. The van der Waals surface area contributed by atoms with Crippen LogP contribution in [0.15, 0.2) is 48.5 Å². The Bertz CT molecular complexity index is 776. The molecule has 2 aromatic carbocycles. The first kappa shape index (κ1) is 17.0. The molecule has 2 aromatic rings. The van der Waals surface area contributed by atoms with Gasteiger partial charge >= 0.3 is 0 Å². The molecule has 0 aliphatic carbocycles. The van der Waals surface area contributed by atoms with Crippen molar-refractivity contribution in [3.05, 3.63) is 59.9 Å². The van der Waals surface area contributed by atoms with E-state index in [0.717, 1.165) is 11.4 Å². The van der Waals surface area contributed by atoms with Crippen LogP contribution in [0.1, 0.15) is 23.7 Å². The maximum absolute atomic E-state index is 13.2. The van der Waals surface area contributed by atoms with Crippen LogP contribution in [0.4, 0.5) is 10.1 Å². The molecule has 0 aromatic heterocycles. The van der Waals surface area contributed by atoms with E-state index in [1.165, 1.54) is 18.2 Å². The van der Waals surface area contributed by atoms with Gasteiger partial charge in [0.15, 0.2) is 0 Å². The van der Waals surface area contributed by atoms with E-state index in [9.17, 15) is 14.0 Å². The molecule has 6 heteroatoms. The summed E-state index contributed by atoms with van der Waals surface area (Å²) in [7, 11) is 0. The van der Waals surface area contributed by atoms with E-state index < -0.39 is 5.82 Å². The van der Waals surface area contributed by atoms with Crippen LogP contribution in [-0.4, -0.2) is 31.0 Å². The molecule has 3 rings (SSSR count). The number of anilines is 1. The van der Waals surface area contributed by atoms with Gasteiger partial charge in [-0.25, -0.2) is 4.39 Å². The molecular formula is C19H19FN2O3. The molecule has 1 atom stereocenters. The maximum atomic E-state index is 13.2. The maximum Gasteiger partial charge on any atom is 0.251 e. The van der Waals surface area contributed by atoms with Crippen LogP contribution < -0.4 is 15.0 Å². The Morgan fingerprint density at radius 1 is 1.28 bits per heavy atom. The van der Waals surface area contributed by atoms with E-state index in [1.54, 1.807) is 11.0 Å². The minimum Gasteiger partial charge on any atom is -0.494 e. The highest BCUT2D eigenvalue weighted by molar-refractivity contribution is 5.99. The Balaban J connectivity index is 1.65. The van der Waals surface area contributed by atoms with Crippen molar-refractivity contribution in [2.45, 2.75) is 19.4 Å². The Morgan fingerprint density at radius 3 is 2.72 bits per heavy atom. The third kappa shape index (κ3) is 3.96. The summed E-state index contributed by atoms with van der Waals surface area (Å²) in [5.74, 6) is -0.167. The van der Waals surface area contributed by atoms with Gasteiger partial charge in [0.05, 0.1) is 12.6 Å². The SMILES string of the molecule is CCOc1ccc(N2C[C@H](NC(=O)c3cccc(F)c3)CC2=O)cc1. The molecule has 1 aliphatic heterocycles. The zero-order chi connectivity index (χ0) is 17.8. The van der Waals surface area contributed by atoms with Crippen molar-refractivity contribution in [2.75, 3.05) is 18.1 Å². The molecule has 25 heavy (non-hydrogen) atoms. The molecule has 0 radical (unpaired) electrons. The van der Waals surface area contributed by atoms with E-state index in [-0.39, 0.29) is 29.8 Å². The molecule has 0 spiro atoms. The van der Waals surface area contributed by atoms with E-state index in [2.05, 4.69) is 5.32 Å². The van der Waals surface area contributed by atoms with Gasteiger partial charge in [-0.2, -0.15) is 0 Å². The number of carbonyl (C=O) groups excluding carboxylic acids is 2. The summed E-state index contributed by atoms with van der Waals surface area (Å²) in [6.45, 7) is 2.87. The highest BCUT2D eigenvalue weighted by Gasteiger charge is 2.31. The Hall–Kier alpha value is -2.89. The van der Waals surface area contributed by atoms with Crippen LogP contribution in [0, 0.1) is 5.82 Å². The van der Waals surface area contributed by atoms with Gasteiger partial charge < -0.3 is 15.0 Å². The summed E-state index contributed by atoms with van der Waals surface area (Å²) >= 11 is 0. The van der Waals surface area contributed by atoms with E-state index in [1.807, 2.05) is 31.2 Å². The molecule has 1 fully saturated rings. The molecule has 1 saturated heterocycles. The van der Waals surface area contributed by atoms with Crippen molar-refractivity contribution in [1.82, 2.24) is 5.32 Å². The number of ether oxygens (including phenoxy) is 1. The predicted molar refractivity (Wildman–Crippen MR) is 92.2 cm³/mol. The van der Waals surface area contributed by atoms with Gasteiger partial charge in [0.2, 0.25) is 5.91 Å². The molecule has 0 unspecified atom stereocenters. The van der Waals surface area contributed by atoms with Crippen LogP contribution in [0.2, 0.25) is 0 Å². The summed E-state index contributed by atoms with van der Waals surface area (Å²) in [5, 5.41) is 2.79. The van der Waals surface area contributed by atoms with E-state index >= 15 is 0 Å². The number of nitrogens with one attached hydrogen (secondary N) is 1. The van der Waals surface area contributed by atoms with E-state index in [4.69, 9.17) is 4.74 Å². The largest absolute Gasteiger partial charge is 0.494 e. The van der Waals surface area contributed by atoms with Crippen molar-refractivity contribution in [3.8, 4) is 5.75 Å². The third-order valence-electron chi connectivity index (χ3n) is 4.01. The van der Waals surface area contributed by atoms with Crippen LogP contribution in [0.3, 0.4) is 0 Å². The normalized spacial score (nSPS) is 16.8. The lowest BCUT2D eigenvalue weighted by Gasteiger charge is -2.17. The van der Waals surface area contributed by atoms with Crippen LogP contribution >= 0.6 is 0 Å². The van der Waals surface area contributed by atoms with Gasteiger partial charge in [-0.3, -0.25) is 9.59 Å². The number of amides is 2. The lowest BCUT2D eigenvalue weighted by Crippen LogP contribution is -2.37. The molecule has 1 aliphatic rings. The monoisotopic (exact) mass is 342 g/mol. The topological polar surface area (TPSA) is 58.6 Å². The zero-order valence-corrected chi connectivity index (χ0v) is 13.9. The van der Waals surface area contributed by atoms with Crippen molar-refractivity contribution >= 4 is 17.5 Å². The van der Waals surface area contributed by atoms with E-state index in [0.29, 0.717) is 13.2 Å². The van der Waals surface area contributed by atoms with Gasteiger partial charge in [0.1, 0.15) is 11.6 Å². The van der Waals surface area contributed by atoms with Crippen molar-refractivity contribution in [1.29, 1.82) is 0 Å². The second kappa shape index (κ2) is 7.34. The quantitative estimate of drug-likeness (QED) is 0.909. The van der Waals surface area contributed by atoms with Crippen molar-refractivity contribution in [2.24, 2.45) is 0 Å². The average molecular weight is 342 g/mol. The Morgan fingerprint density at radius 2 is 2.04 bits per heavy atom. The zero-order valence-electron chi connectivity index (χ0n) is 13.9. The standard InChI is InChI=1S/C19H19FN2O3/c1-2-25-17-8-6-16(7-9-17)22-12-15(11-18(22)23)21-19(24)13-4-3-5-14(20)10-13/h3-10,15H,2,11-12H2,1H3,(H,21,24)/t15-/m1/s1. The first-order valence-corrected chi connectivity index (χ1v) is 8.16. The van der Waals surface area contributed by atoms with Gasteiger partial charge in [-0.15, -0.1) is 0 Å². The van der Waals surface area contributed by atoms with Gasteiger partial charge in [-0.05, 0) is 49.4 Å². The Labute approximate surface area is 145 Å². The molecule has 2 amide bonds. The Kier molecular flexibility index (Phi) is 4.97.